The van der Waals surface area contributed by atoms with E-state index < -0.39 is 45.8 Å². The predicted octanol–water partition coefficient (Wildman–Crippen LogP) is 0.327. The van der Waals surface area contributed by atoms with E-state index in [2.05, 4.69) is 11.4 Å². The van der Waals surface area contributed by atoms with Crippen LogP contribution in [0.4, 0.5) is 0 Å². The highest BCUT2D eigenvalue weighted by molar-refractivity contribution is 6.28. The molecule has 1 heterocycles. The Hall–Kier alpha value is -4.49. The van der Waals surface area contributed by atoms with Crippen LogP contribution in [0.3, 0.4) is 0 Å². The number of nitrogens with one attached hydrogen (secondary N) is 1. The van der Waals surface area contributed by atoms with Gasteiger partial charge in [-0.05, 0) is 12.8 Å². The van der Waals surface area contributed by atoms with Gasteiger partial charge in [0, 0.05) is 35.7 Å². The van der Waals surface area contributed by atoms with Gasteiger partial charge in [-0.3, -0.25) is 14.4 Å². The zero-order chi connectivity index (χ0) is 31.1. The van der Waals surface area contributed by atoms with Crippen LogP contribution in [-0.2, 0) is 14.4 Å². The quantitative estimate of drug-likeness (QED) is 0.128. The van der Waals surface area contributed by atoms with Gasteiger partial charge in [0.2, 0.25) is 17.5 Å². The van der Waals surface area contributed by atoms with Crippen LogP contribution in [0, 0.1) is 11.8 Å². The van der Waals surface area contributed by atoms with Crippen molar-refractivity contribution >= 4 is 29.4 Å². The zero-order valence-electron chi connectivity index (χ0n) is 22.4. The van der Waals surface area contributed by atoms with E-state index in [0.717, 1.165) is 37.1 Å². The smallest absolute Gasteiger partial charge is 0.348 e. The Labute approximate surface area is 240 Å². The van der Waals surface area contributed by atoms with E-state index in [0.29, 0.717) is 12.0 Å². The third kappa shape index (κ3) is 6.52. The minimum Gasteiger partial charge on any atom is -0.479 e. The fourth-order valence-electron chi connectivity index (χ4n) is 4.66. The van der Waals surface area contributed by atoms with E-state index in [-0.39, 0.29) is 24.5 Å². The standard InChI is InChI=1S/C18H14O8.C6H7NO.C6H11NO/c19-13(11-7-3-1-4-8-11)17(25,15(21)22)18(26,16(23)24)14(20)12-9-5-2-6-10-12;8-6-4-1-2-5(3-4)7-6;7-6-2-1-5(3-6)4-8/h1-10,25-26H,(H,21,22)(H,23,24);1-2,4-5H,3H2,(H,7,8);1-2,5-6,8H,3-4,7H2/t17-,18-;;5-,6+/m1.1/s1. The minimum atomic E-state index is -3.95. The lowest BCUT2D eigenvalue weighted by atomic mass is 9.73. The summed E-state index contributed by atoms with van der Waals surface area (Å²) in [5.74, 6) is -7.29. The number of aliphatic carboxylic acids is 2. The van der Waals surface area contributed by atoms with Gasteiger partial charge in [0.1, 0.15) is 0 Å². The number of ketones is 2. The molecule has 2 aromatic rings. The van der Waals surface area contributed by atoms with Gasteiger partial charge in [0.15, 0.2) is 0 Å². The van der Waals surface area contributed by atoms with Gasteiger partial charge in [-0.15, -0.1) is 0 Å². The number of amides is 1. The molecule has 42 heavy (non-hydrogen) atoms. The maximum Gasteiger partial charge on any atom is 0.348 e. The van der Waals surface area contributed by atoms with Gasteiger partial charge in [-0.25, -0.2) is 9.59 Å². The summed E-state index contributed by atoms with van der Waals surface area (Å²) < 4.78 is 0. The van der Waals surface area contributed by atoms with Gasteiger partial charge in [0.25, 0.3) is 11.2 Å². The van der Waals surface area contributed by atoms with Gasteiger partial charge < -0.3 is 36.6 Å². The first kappa shape index (κ1) is 32.0. The number of carbonyl (C=O) groups excluding carboxylic acids is 3. The Morgan fingerprint density at radius 2 is 1.24 bits per heavy atom. The fraction of sp³-hybridized carbons (Fsp3) is 0.300. The summed E-state index contributed by atoms with van der Waals surface area (Å²) in [6.45, 7) is 0.240. The van der Waals surface area contributed by atoms with Crippen molar-refractivity contribution in [3.05, 3.63) is 96.1 Å². The molecule has 2 bridgehead atoms. The Bertz CT molecular complexity index is 1300. The summed E-state index contributed by atoms with van der Waals surface area (Å²) in [7, 11) is 0. The largest absolute Gasteiger partial charge is 0.479 e. The summed E-state index contributed by atoms with van der Waals surface area (Å²) in [4.78, 5) is 59.2. The lowest BCUT2D eigenvalue weighted by Crippen LogP contribution is -2.71. The lowest BCUT2D eigenvalue weighted by Gasteiger charge is -2.34. The molecule has 0 saturated carbocycles. The van der Waals surface area contributed by atoms with Gasteiger partial charge in [-0.2, -0.15) is 0 Å². The monoisotopic (exact) mass is 580 g/mol. The first-order valence-electron chi connectivity index (χ1n) is 13.0. The number of hydrogen-bond donors (Lipinski definition) is 7. The Morgan fingerprint density at radius 1 is 0.762 bits per heavy atom. The second-order valence-corrected chi connectivity index (χ2v) is 9.99. The van der Waals surface area contributed by atoms with Crippen LogP contribution in [0.25, 0.3) is 0 Å². The van der Waals surface area contributed by atoms with Crippen LogP contribution in [0.15, 0.2) is 85.0 Å². The highest BCUT2D eigenvalue weighted by Gasteiger charge is 2.69. The van der Waals surface area contributed by atoms with E-state index in [4.69, 9.17) is 10.8 Å². The second kappa shape index (κ2) is 13.4. The van der Waals surface area contributed by atoms with Crippen LogP contribution < -0.4 is 11.1 Å². The number of nitrogens with two attached hydrogens (primary N) is 1. The first-order valence-corrected chi connectivity index (χ1v) is 13.0. The maximum atomic E-state index is 12.6. The first-order chi connectivity index (χ1) is 19.9. The van der Waals surface area contributed by atoms with Gasteiger partial charge in [0.05, 0.1) is 5.92 Å². The average Bonchev–Trinajstić information content (AvgIpc) is 3.74. The number of benzene rings is 2. The topological polar surface area (TPSA) is 225 Å². The number of fused-ring (bicyclic) bond motifs is 2. The Balaban J connectivity index is 0.000000241. The molecule has 222 valence electrons. The van der Waals surface area contributed by atoms with Crippen molar-refractivity contribution in [3.63, 3.8) is 0 Å². The van der Waals surface area contributed by atoms with E-state index in [1.54, 1.807) is 0 Å². The average molecular weight is 581 g/mol. The van der Waals surface area contributed by atoms with Crippen LogP contribution >= 0.6 is 0 Å². The maximum absolute atomic E-state index is 12.6. The number of carboxylic acid groups (broad SMARTS) is 2. The molecule has 0 spiro atoms. The van der Waals surface area contributed by atoms with Crippen molar-refractivity contribution in [2.75, 3.05) is 6.61 Å². The molecule has 12 nitrogen and oxygen atoms in total. The lowest BCUT2D eigenvalue weighted by molar-refractivity contribution is -0.187. The molecule has 1 aliphatic heterocycles. The number of carboxylic acids is 2. The number of hydrogen-bond acceptors (Lipinski definition) is 9. The number of rotatable bonds is 8. The molecule has 12 heteroatoms. The molecule has 1 saturated heterocycles. The number of carbonyl (C=O) groups is 5. The van der Waals surface area contributed by atoms with Crippen molar-refractivity contribution in [3.8, 4) is 0 Å². The zero-order valence-corrected chi connectivity index (χ0v) is 22.4. The van der Waals surface area contributed by atoms with Crippen molar-refractivity contribution in [1.82, 2.24) is 5.32 Å². The Kier molecular flexibility index (Phi) is 10.3. The van der Waals surface area contributed by atoms with Crippen molar-refractivity contribution in [2.45, 2.75) is 36.1 Å². The number of Topliss-reactive ketones (excluding diaryl/α,β-unsaturated/α-hetero) is 2. The third-order valence-electron chi connectivity index (χ3n) is 7.06. The van der Waals surface area contributed by atoms with Crippen molar-refractivity contribution in [1.29, 1.82) is 0 Å². The molecule has 2 aromatic carbocycles. The third-order valence-corrected chi connectivity index (χ3v) is 7.06. The van der Waals surface area contributed by atoms with Gasteiger partial charge >= 0.3 is 11.9 Å². The summed E-state index contributed by atoms with van der Waals surface area (Å²) in [5, 5.41) is 51.3. The van der Waals surface area contributed by atoms with Crippen LogP contribution in [-0.4, -0.2) is 84.8 Å². The van der Waals surface area contributed by atoms with Crippen LogP contribution in [0.2, 0.25) is 0 Å². The molecule has 3 aliphatic rings. The van der Waals surface area contributed by atoms with E-state index in [1.165, 1.54) is 36.4 Å². The molecule has 2 aliphatic carbocycles. The van der Waals surface area contributed by atoms with Gasteiger partial charge in [-0.1, -0.05) is 85.0 Å². The molecule has 0 radical (unpaired) electrons. The fourth-order valence-corrected chi connectivity index (χ4v) is 4.66. The van der Waals surface area contributed by atoms with Crippen molar-refractivity contribution in [2.24, 2.45) is 17.6 Å². The minimum absolute atomic E-state index is 0.187. The summed E-state index contributed by atoms with van der Waals surface area (Å²) >= 11 is 0. The number of aliphatic hydroxyl groups is 3. The van der Waals surface area contributed by atoms with E-state index >= 15 is 0 Å². The predicted molar refractivity (Wildman–Crippen MR) is 148 cm³/mol. The molecule has 2 unspecified atom stereocenters. The highest BCUT2D eigenvalue weighted by Crippen LogP contribution is 2.31. The summed E-state index contributed by atoms with van der Waals surface area (Å²) in [5.41, 5.74) is -3.18. The molecular weight excluding hydrogens is 548 g/mol. The molecule has 1 amide bonds. The number of aliphatic hydroxyl groups excluding tert-OH is 1. The molecule has 0 aromatic heterocycles. The van der Waals surface area contributed by atoms with E-state index in [1.807, 2.05) is 18.2 Å². The molecular formula is C30H32N2O10. The highest BCUT2D eigenvalue weighted by atomic mass is 16.5. The summed E-state index contributed by atoms with van der Waals surface area (Å²) in [6.07, 6.45) is 9.89. The van der Waals surface area contributed by atoms with Crippen LogP contribution in [0.1, 0.15) is 33.6 Å². The van der Waals surface area contributed by atoms with E-state index in [9.17, 15) is 44.4 Å². The van der Waals surface area contributed by atoms with Crippen molar-refractivity contribution < 1.29 is 49.5 Å². The molecule has 1 fully saturated rings. The molecule has 6 atom stereocenters. The molecule has 8 N–H and O–H groups in total. The molecule has 5 rings (SSSR count). The normalized spacial score (nSPS) is 24.1. The SMILES string of the molecule is N[C@H]1C=C[C@@H](CO)C1.O=C(O)[C@](O)(C(=O)c1ccccc1)[C@](O)(C(=O)O)C(=O)c1ccccc1.O=C1NC2C=CC1C2. The second-order valence-electron chi connectivity index (χ2n) is 9.99. The van der Waals surface area contributed by atoms with Crippen LogP contribution in [0.5, 0.6) is 0 Å². The summed E-state index contributed by atoms with van der Waals surface area (Å²) in [6, 6.07) is 13.4. The Morgan fingerprint density at radius 3 is 1.48 bits per heavy atom.